The highest BCUT2D eigenvalue weighted by Gasteiger charge is 2.19. The second kappa shape index (κ2) is 58.9. The van der Waals surface area contributed by atoms with Crippen LogP contribution in [0.1, 0.15) is 233 Å². The molecule has 0 N–H and O–H groups in total. The molecule has 0 aromatic heterocycles. The molecule has 0 saturated heterocycles. The smallest absolute Gasteiger partial charge is 0.306 e. The zero-order chi connectivity index (χ0) is 52.2. The van der Waals surface area contributed by atoms with Crippen LogP contribution in [-0.4, -0.2) is 37.2 Å². The van der Waals surface area contributed by atoms with Gasteiger partial charge in [0.1, 0.15) is 13.2 Å². The normalized spacial score (nSPS) is 13.2. The van der Waals surface area contributed by atoms with E-state index in [2.05, 4.69) is 167 Å². The maximum absolute atomic E-state index is 12.9. The molecule has 0 rings (SSSR count). The van der Waals surface area contributed by atoms with Gasteiger partial charge >= 0.3 is 17.9 Å². The second-order valence-corrected chi connectivity index (χ2v) is 18.4. The third kappa shape index (κ3) is 56.2. The Kier molecular flexibility index (Phi) is 55.0. The number of esters is 3. The minimum absolute atomic E-state index is 0.112. The fourth-order valence-electron chi connectivity index (χ4n) is 7.30. The third-order valence-corrected chi connectivity index (χ3v) is 11.6. The first-order valence-electron chi connectivity index (χ1n) is 28.8. The average Bonchev–Trinajstić information content (AvgIpc) is 3.38. The fraction of sp³-hybridized carbons (Fsp3) is 0.591. The summed E-state index contributed by atoms with van der Waals surface area (Å²) < 4.78 is 16.8. The molecule has 1 atom stereocenters. The van der Waals surface area contributed by atoms with Gasteiger partial charge in [0.15, 0.2) is 6.10 Å². The van der Waals surface area contributed by atoms with E-state index in [0.717, 1.165) is 141 Å². The predicted octanol–water partition coefficient (Wildman–Crippen LogP) is 19.6. The lowest BCUT2D eigenvalue weighted by Gasteiger charge is -2.18. The zero-order valence-corrected chi connectivity index (χ0v) is 46.1. The van der Waals surface area contributed by atoms with Crippen LogP contribution in [0.5, 0.6) is 0 Å². The molecular weight excluding hydrogens is 889 g/mol. The Balaban J connectivity index is 4.52. The lowest BCUT2D eigenvalue weighted by molar-refractivity contribution is -0.167. The van der Waals surface area contributed by atoms with Gasteiger partial charge in [-0.3, -0.25) is 14.4 Å². The van der Waals surface area contributed by atoms with Crippen LogP contribution in [0.15, 0.2) is 146 Å². The van der Waals surface area contributed by atoms with Gasteiger partial charge in [0.05, 0.1) is 0 Å². The number of allylic oxidation sites excluding steroid dienone is 24. The number of ether oxygens (including phenoxy) is 3. The van der Waals surface area contributed by atoms with Crippen molar-refractivity contribution in [3.8, 4) is 0 Å². The van der Waals surface area contributed by atoms with Crippen LogP contribution in [0.2, 0.25) is 0 Å². The summed E-state index contributed by atoms with van der Waals surface area (Å²) >= 11 is 0. The predicted molar refractivity (Wildman–Crippen MR) is 311 cm³/mol. The van der Waals surface area contributed by atoms with E-state index in [1.54, 1.807) is 0 Å². The van der Waals surface area contributed by atoms with Crippen molar-refractivity contribution in [3.05, 3.63) is 146 Å². The van der Waals surface area contributed by atoms with Gasteiger partial charge in [-0.25, -0.2) is 0 Å². The van der Waals surface area contributed by atoms with Crippen LogP contribution in [0.4, 0.5) is 0 Å². The number of hydrogen-bond donors (Lipinski definition) is 0. The molecule has 0 aliphatic carbocycles. The molecule has 0 radical (unpaired) electrons. The highest BCUT2D eigenvalue weighted by molar-refractivity contribution is 5.71. The van der Waals surface area contributed by atoms with E-state index in [1.165, 1.54) is 44.9 Å². The van der Waals surface area contributed by atoms with Crippen molar-refractivity contribution in [3.63, 3.8) is 0 Å². The van der Waals surface area contributed by atoms with Gasteiger partial charge < -0.3 is 14.2 Å². The molecule has 6 heteroatoms. The molecule has 404 valence electrons. The Morgan fingerprint density at radius 2 is 0.556 bits per heavy atom. The van der Waals surface area contributed by atoms with Gasteiger partial charge in [0, 0.05) is 19.3 Å². The summed E-state index contributed by atoms with van der Waals surface area (Å²) in [5, 5.41) is 0. The molecule has 0 heterocycles. The van der Waals surface area contributed by atoms with E-state index in [9.17, 15) is 14.4 Å². The summed E-state index contributed by atoms with van der Waals surface area (Å²) in [6, 6.07) is 0. The highest BCUT2D eigenvalue weighted by atomic mass is 16.6. The first-order valence-corrected chi connectivity index (χ1v) is 28.8. The van der Waals surface area contributed by atoms with E-state index < -0.39 is 6.10 Å². The number of carbonyl (C=O) groups excluding carboxylic acids is 3. The molecule has 0 aliphatic rings. The van der Waals surface area contributed by atoms with Crippen molar-refractivity contribution in [2.75, 3.05) is 13.2 Å². The first-order chi connectivity index (χ1) is 35.5. The fourth-order valence-corrected chi connectivity index (χ4v) is 7.30. The highest BCUT2D eigenvalue weighted by Crippen LogP contribution is 2.13. The molecule has 0 aromatic carbocycles. The van der Waals surface area contributed by atoms with Gasteiger partial charge in [-0.05, 0) is 135 Å². The van der Waals surface area contributed by atoms with Crippen LogP contribution in [-0.2, 0) is 28.6 Å². The Labute approximate surface area is 442 Å². The number of carbonyl (C=O) groups is 3. The molecule has 0 aliphatic heterocycles. The van der Waals surface area contributed by atoms with E-state index in [0.29, 0.717) is 19.3 Å². The van der Waals surface area contributed by atoms with Crippen molar-refractivity contribution in [1.29, 1.82) is 0 Å². The summed E-state index contributed by atoms with van der Waals surface area (Å²) in [5.41, 5.74) is 0. The standard InChI is InChI=1S/C66H104O6/c1-4-7-10-13-16-19-22-25-27-29-31-32-33-34-36-37-39-41-44-47-50-53-56-59-65(68)71-62-63(61-70-64(67)58-55-52-49-46-43-24-21-18-15-12-9-6-3)72-66(69)60-57-54-51-48-45-42-40-38-35-30-28-26-23-20-17-14-11-8-5-2/h7-8,10-11,16-21,25-28,31-32,34-36,38-39,41,47,50,63H,4-6,9,12-15,22-24,29-30,33,37,40,42-46,48-49,51-62H2,1-3H3/b10-7-,11-8-,19-16-,20-17-,21-18-,27-25-,28-26-,32-31-,36-34-,38-35-,41-39-,50-47-. The summed E-state index contributed by atoms with van der Waals surface area (Å²) in [4.78, 5) is 38.1. The van der Waals surface area contributed by atoms with Crippen LogP contribution in [0, 0.1) is 0 Å². The summed E-state index contributed by atoms with van der Waals surface area (Å²) in [5.74, 6) is -1.00. The van der Waals surface area contributed by atoms with Crippen molar-refractivity contribution in [1.82, 2.24) is 0 Å². The monoisotopic (exact) mass is 993 g/mol. The molecule has 0 spiro atoms. The molecule has 6 nitrogen and oxygen atoms in total. The first kappa shape index (κ1) is 67.3. The Hall–Kier alpha value is -4.71. The Morgan fingerprint density at radius 1 is 0.292 bits per heavy atom. The molecule has 0 saturated carbocycles. The summed E-state index contributed by atoms with van der Waals surface area (Å²) in [7, 11) is 0. The molecule has 0 bridgehead atoms. The van der Waals surface area contributed by atoms with Gasteiger partial charge in [0.25, 0.3) is 0 Å². The van der Waals surface area contributed by atoms with Crippen LogP contribution < -0.4 is 0 Å². The molecule has 0 aromatic rings. The van der Waals surface area contributed by atoms with Crippen molar-refractivity contribution < 1.29 is 28.6 Å². The van der Waals surface area contributed by atoms with Crippen LogP contribution >= 0.6 is 0 Å². The molecule has 1 unspecified atom stereocenters. The third-order valence-electron chi connectivity index (χ3n) is 11.6. The van der Waals surface area contributed by atoms with Crippen LogP contribution in [0.3, 0.4) is 0 Å². The van der Waals surface area contributed by atoms with Crippen molar-refractivity contribution in [2.45, 2.75) is 239 Å². The minimum atomic E-state index is -0.819. The molecule has 0 amide bonds. The molecular formula is C66H104O6. The van der Waals surface area contributed by atoms with E-state index in [4.69, 9.17) is 14.2 Å². The number of unbranched alkanes of at least 4 members (excludes halogenated alkanes) is 15. The number of rotatable bonds is 50. The lowest BCUT2D eigenvalue weighted by atomic mass is 10.1. The molecule has 0 fully saturated rings. The van der Waals surface area contributed by atoms with Gasteiger partial charge in [-0.1, -0.05) is 224 Å². The summed E-state index contributed by atoms with van der Waals surface area (Å²) in [6.45, 7) is 6.31. The van der Waals surface area contributed by atoms with Crippen LogP contribution in [0.25, 0.3) is 0 Å². The quantitative estimate of drug-likeness (QED) is 0.0261. The summed E-state index contributed by atoms with van der Waals surface area (Å²) in [6.07, 6.45) is 84.1. The molecule has 72 heavy (non-hydrogen) atoms. The Morgan fingerprint density at radius 3 is 0.917 bits per heavy atom. The lowest BCUT2D eigenvalue weighted by Crippen LogP contribution is -2.30. The van der Waals surface area contributed by atoms with Gasteiger partial charge in [-0.2, -0.15) is 0 Å². The van der Waals surface area contributed by atoms with E-state index in [-0.39, 0.29) is 37.5 Å². The van der Waals surface area contributed by atoms with Crippen molar-refractivity contribution >= 4 is 17.9 Å². The Bertz CT molecular complexity index is 1610. The zero-order valence-electron chi connectivity index (χ0n) is 46.1. The van der Waals surface area contributed by atoms with E-state index in [1.807, 2.05) is 0 Å². The second-order valence-electron chi connectivity index (χ2n) is 18.4. The van der Waals surface area contributed by atoms with Gasteiger partial charge in [-0.15, -0.1) is 0 Å². The van der Waals surface area contributed by atoms with E-state index >= 15 is 0 Å². The SMILES string of the molecule is CC/C=C\C/C=C\C/C=C\C/C=C\C/C=C\C/C=C\C/C=C\CCCC(=O)OCC(COC(=O)CCCCCCC/C=C\CCCCC)OC(=O)CCCCCCCC/C=C\C/C=C\C/C=C\C/C=C\CC. The maximum Gasteiger partial charge on any atom is 0.306 e. The topological polar surface area (TPSA) is 78.9 Å². The number of hydrogen-bond acceptors (Lipinski definition) is 6. The maximum atomic E-state index is 12.9. The largest absolute Gasteiger partial charge is 0.462 e. The minimum Gasteiger partial charge on any atom is -0.462 e. The van der Waals surface area contributed by atoms with Gasteiger partial charge in [0.2, 0.25) is 0 Å². The van der Waals surface area contributed by atoms with Crippen molar-refractivity contribution in [2.24, 2.45) is 0 Å². The average molecular weight is 994 g/mol.